The standard InChI is InChI=1S/C20H34N2O2/c1-3-19(2)17-20(8-14-24-19)7-6-11-22(18-20)10-5-4-9-21-12-15-23-16-13-21/h3,6-18H2,1-2H3/p+2/t19-,20+/m1/s1. The minimum Gasteiger partial charge on any atom is -0.375 e. The average molecular weight is 337 g/mol. The van der Waals surface area contributed by atoms with E-state index in [9.17, 15) is 0 Å². The van der Waals surface area contributed by atoms with Crippen molar-refractivity contribution in [2.24, 2.45) is 5.41 Å². The monoisotopic (exact) mass is 336 g/mol. The van der Waals surface area contributed by atoms with Crippen LogP contribution in [0, 0.1) is 17.3 Å². The fourth-order valence-electron chi connectivity index (χ4n) is 4.82. The van der Waals surface area contributed by atoms with Crippen molar-refractivity contribution in [3.8, 4) is 11.8 Å². The molecule has 1 spiro atoms. The van der Waals surface area contributed by atoms with Crippen LogP contribution in [0.5, 0.6) is 0 Å². The third kappa shape index (κ3) is 4.73. The van der Waals surface area contributed by atoms with Gasteiger partial charge in [0.05, 0.1) is 31.9 Å². The summed E-state index contributed by atoms with van der Waals surface area (Å²) >= 11 is 0. The molecule has 136 valence electrons. The van der Waals surface area contributed by atoms with Crippen LogP contribution in [0.1, 0.15) is 46.0 Å². The molecule has 1 unspecified atom stereocenters. The molecule has 0 aromatic carbocycles. The van der Waals surface area contributed by atoms with Crippen LogP contribution in [0.3, 0.4) is 0 Å². The van der Waals surface area contributed by atoms with Crippen molar-refractivity contribution in [1.29, 1.82) is 0 Å². The number of nitrogens with one attached hydrogen (secondary N) is 2. The fourth-order valence-corrected chi connectivity index (χ4v) is 4.82. The quantitative estimate of drug-likeness (QED) is 0.683. The Morgan fingerprint density at radius 2 is 1.71 bits per heavy atom. The van der Waals surface area contributed by atoms with Gasteiger partial charge < -0.3 is 19.3 Å². The summed E-state index contributed by atoms with van der Waals surface area (Å²) in [6, 6.07) is 0. The summed E-state index contributed by atoms with van der Waals surface area (Å²) in [5.41, 5.74) is 0.611. The molecule has 0 aliphatic carbocycles. The molecule has 3 saturated heterocycles. The topological polar surface area (TPSA) is 27.3 Å². The molecule has 4 nitrogen and oxygen atoms in total. The first kappa shape index (κ1) is 18.2. The average Bonchev–Trinajstić information content (AvgIpc) is 2.60. The first-order valence-electron chi connectivity index (χ1n) is 9.98. The van der Waals surface area contributed by atoms with Gasteiger partial charge in [-0.3, -0.25) is 0 Å². The Hall–Kier alpha value is -0.600. The van der Waals surface area contributed by atoms with Gasteiger partial charge in [0.15, 0.2) is 0 Å². The van der Waals surface area contributed by atoms with Gasteiger partial charge in [-0.25, -0.2) is 0 Å². The SMILES string of the molecule is CC[C@]1(C)C[C@]2(CCC[NH+](CC#CC[NH+]3CCOCC3)C2)CCO1. The van der Waals surface area contributed by atoms with Crippen molar-refractivity contribution in [3.05, 3.63) is 0 Å². The van der Waals surface area contributed by atoms with Crippen molar-refractivity contribution in [1.82, 2.24) is 0 Å². The summed E-state index contributed by atoms with van der Waals surface area (Å²) in [7, 11) is 0. The van der Waals surface area contributed by atoms with Crippen LogP contribution in [0.15, 0.2) is 0 Å². The first-order chi connectivity index (χ1) is 11.6. The van der Waals surface area contributed by atoms with E-state index in [4.69, 9.17) is 9.47 Å². The molecule has 0 saturated carbocycles. The summed E-state index contributed by atoms with van der Waals surface area (Å²) < 4.78 is 11.5. The highest BCUT2D eigenvalue weighted by Crippen LogP contribution is 2.43. The van der Waals surface area contributed by atoms with Gasteiger partial charge >= 0.3 is 0 Å². The van der Waals surface area contributed by atoms with Gasteiger partial charge in [0.25, 0.3) is 0 Å². The van der Waals surface area contributed by atoms with E-state index >= 15 is 0 Å². The summed E-state index contributed by atoms with van der Waals surface area (Å²) in [6.45, 7) is 14.2. The predicted molar refractivity (Wildman–Crippen MR) is 95.3 cm³/mol. The molecule has 0 bridgehead atoms. The third-order valence-electron chi connectivity index (χ3n) is 6.44. The molecule has 0 aromatic heterocycles. The molecular formula is C20H36N2O2+2. The zero-order valence-electron chi connectivity index (χ0n) is 15.7. The third-order valence-corrected chi connectivity index (χ3v) is 6.44. The second-order valence-corrected chi connectivity index (χ2v) is 8.43. The highest BCUT2D eigenvalue weighted by atomic mass is 16.5. The molecule has 3 aliphatic rings. The predicted octanol–water partition coefficient (Wildman–Crippen LogP) is -0.451. The summed E-state index contributed by atoms with van der Waals surface area (Å²) in [5, 5.41) is 0. The zero-order chi connectivity index (χ0) is 16.9. The number of piperidine rings is 1. The lowest BCUT2D eigenvalue weighted by molar-refractivity contribution is -0.907. The Bertz CT molecular complexity index is 462. The van der Waals surface area contributed by atoms with Gasteiger partial charge in [-0.15, -0.1) is 0 Å². The van der Waals surface area contributed by atoms with E-state index in [1.807, 2.05) is 0 Å². The van der Waals surface area contributed by atoms with E-state index in [0.29, 0.717) is 5.41 Å². The van der Waals surface area contributed by atoms with E-state index in [1.54, 1.807) is 9.80 Å². The summed E-state index contributed by atoms with van der Waals surface area (Å²) in [4.78, 5) is 3.29. The van der Waals surface area contributed by atoms with Gasteiger partial charge in [-0.2, -0.15) is 0 Å². The lowest BCUT2D eigenvalue weighted by Gasteiger charge is -2.48. The van der Waals surface area contributed by atoms with Crippen molar-refractivity contribution in [3.63, 3.8) is 0 Å². The number of ether oxygens (including phenoxy) is 2. The normalized spacial score (nSPS) is 37.8. The molecular weight excluding hydrogens is 300 g/mol. The molecule has 0 radical (unpaired) electrons. The van der Waals surface area contributed by atoms with Gasteiger partial charge in [0, 0.05) is 12.0 Å². The molecule has 3 atom stereocenters. The smallest absolute Gasteiger partial charge is 0.139 e. The van der Waals surface area contributed by atoms with Gasteiger partial charge in [0.1, 0.15) is 26.2 Å². The van der Waals surface area contributed by atoms with E-state index in [1.165, 1.54) is 38.8 Å². The minimum absolute atomic E-state index is 0.103. The lowest BCUT2D eigenvalue weighted by atomic mass is 9.68. The number of hydrogen-bond acceptors (Lipinski definition) is 2. The molecule has 0 amide bonds. The molecule has 3 rings (SSSR count). The molecule has 3 aliphatic heterocycles. The Balaban J connectivity index is 1.49. The zero-order valence-corrected chi connectivity index (χ0v) is 15.7. The second-order valence-electron chi connectivity index (χ2n) is 8.43. The van der Waals surface area contributed by atoms with Crippen LogP contribution in [0.25, 0.3) is 0 Å². The van der Waals surface area contributed by atoms with Crippen molar-refractivity contribution >= 4 is 0 Å². The van der Waals surface area contributed by atoms with Gasteiger partial charge in [-0.05, 0) is 50.9 Å². The lowest BCUT2D eigenvalue weighted by Crippen LogP contribution is -3.14. The summed E-state index contributed by atoms with van der Waals surface area (Å²) in [6.07, 6.45) is 6.36. The molecule has 3 fully saturated rings. The highest BCUT2D eigenvalue weighted by Gasteiger charge is 2.46. The second kappa shape index (κ2) is 8.19. The van der Waals surface area contributed by atoms with Crippen LogP contribution >= 0.6 is 0 Å². The maximum absolute atomic E-state index is 6.09. The number of likely N-dealkylation sites (tertiary alicyclic amines) is 1. The number of rotatable bonds is 3. The maximum atomic E-state index is 6.09. The van der Waals surface area contributed by atoms with Crippen LogP contribution < -0.4 is 9.80 Å². The molecule has 0 aromatic rings. The maximum Gasteiger partial charge on any atom is 0.139 e. The number of quaternary nitrogens is 2. The Labute approximate surface area is 147 Å². The van der Waals surface area contributed by atoms with Crippen molar-refractivity contribution in [2.45, 2.75) is 51.6 Å². The van der Waals surface area contributed by atoms with Crippen molar-refractivity contribution < 1.29 is 19.3 Å². The molecule has 24 heavy (non-hydrogen) atoms. The van der Waals surface area contributed by atoms with Crippen LogP contribution in [0.4, 0.5) is 0 Å². The molecule has 3 heterocycles. The number of morpholine rings is 1. The van der Waals surface area contributed by atoms with Gasteiger partial charge in [0.2, 0.25) is 0 Å². The Morgan fingerprint density at radius 1 is 0.958 bits per heavy atom. The van der Waals surface area contributed by atoms with Crippen LogP contribution in [-0.2, 0) is 9.47 Å². The van der Waals surface area contributed by atoms with E-state index < -0.39 is 0 Å². The summed E-state index contributed by atoms with van der Waals surface area (Å²) in [5.74, 6) is 6.91. The van der Waals surface area contributed by atoms with Gasteiger partial charge in [-0.1, -0.05) is 6.92 Å². The fraction of sp³-hybridized carbons (Fsp3) is 0.900. The Kier molecular flexibility index (Phi) is 6.21. The number of hydrogen-bond donors (Lipinski definition) is 2. The molecule has 4 heteroatoms. The minimum atomic E-state index is 0.103. The highest BCUT2D eigenvalue weighted by molar-refractivity contribution is 4.99. The largest absolute Gasteiger partial charge is 0.375 e. The van der Waals surface area contributed by atoms with Crippen molar-refractivity contribution in [2.75, 3.05) is 59.1 Å². The van der Waals surface area contributed by atoms with E-state index in [2.05, 4.69) is 25.7 Å². The van der Waals surface area contributed by atoms with E-state index in [0.717, 1.165) is 52.4 Å². The van der Waals surface area contributed by atoms with Crippen LogP contribution in [-0.4, -0.2) is 64.7 Å². The van der Waals surface area contributed by atoms with Crippen LogP contribution in [0.2, 0.25) is 0 Å². The molecule has 2 N–H and O–H groups in total. The Morgan fingerprint density at radius 3 is 2.46 bits per heavy atom. The first-order valence-corrected chi connectivity index (χ1v) is 9.98. The van der Waals surface area contributed by atoms with E-state index in [-0.39, 0.29) is 5.60 Å².